The van der Waals surface area contributed by atoms with E-state index in [1.807, 2.05) is 6.07 Å². The zero-order valence-corrected chi connectivity index (χ0v) is 15.8. The van der Waals surface area contributed by atoms with Gasteiger partial charge in [0.05, 0.1) is 0 Å². The molecule has 0 amide bonds. The molecule has 1 saturated carbocycles. The smallest absolute Gasteiger partial charge is 0.129 e. The highest BCUT2D eigenvalue weighted by molar-refractivity contribution is 9.10. The monoisotopic (exact) mass is 412 g/mol. The lowest BCUT2D eigenvalue weighted by Gasteiger charge is -2.39. The summed E-state index contributed by atoms with van der Waals surface area (Å²) < 4.78 is 15.4. The van der Waals surface area contributed by atoms with Crippen molar-refractivity contribution in [2.75, 3.05) is 26.2 Å². The third-order valence-corrected chi connectivity index (χ3v) is 5.38. The van der Waals surface area contributed by atoms with Gasteiger partial charge in [-0.3, -0.25) is 4.90 Å². The predicted octanol–water partition coefficient (Wildman–Crippen LogP) is 4.57. The summed E-state index contributed by atoms with van der Waals surface area (Å²) in [7, 11) is 0. The summed E-state index contributed by atoms with van der Waals surface area (Å²) in [5.74, 6) is 0.538. The third kappa shape index (κ3) is 4.35. The molecular weight excluding hydrogens is 390 g/mol. The lowest BCUT2D eigenvalue weighted by molar-refractivity contribution is 0.122. The molecule has 0 aromatic heterocycles. The van der Waals surface area contributed by atoms with Gasteiger partial charge in [-0.1, -0.05) is 34.8 Å². The van der Waals surface area contributed by atoms with Crippen LogP contribution in [0.4, 0.5) is 4.39 Å². The van der Waals surface area contributed by atoms with Crippen LogP contribution in [0.15, 0.2) is 22.7 Å². The summed E-state index contributed by atoms with van der Waals surface area (Å²) in [6.07, 6.45) is 5.05. The molecule has 1 heterocycles. The maximum absolute atomic E-state index is 14.4. The maximum atomic E-state index is 14.4. The Balaban J connectivity index is 0.00000121. The fourth-order valence-corrected chi connectivity index (χ4v) is 4.32. The number of piperazine rings is 1. The van der Waals surface area contributed by atoms with Crippen LogP contribution in [0.5, 0.6) is 0 Å². The summed E-state index contributed by atoms with van der Waals surface area (Å²) >= 11 is 3.58. The fraction of sp³-hybridized carbons (Fsp3) is 0.625. The van der Waals surface area contributed by atoms with Gasteiger partial charge in [0, 0.05) is 42.3 Å². The molecule has 22 heavy (non-hydrogen) atoms. The van der Waals surface area contributed by atoms with Crippen molar-refractivity contribution in [3.63, 3.8) is 0 Å². The lowest BCUT2D eigenvalue weighted by atomic mass is 9.89. The molecule has 1 aliphatic carbocycles. The Morgan fingerprint density at radius 1 is 1.14 bits per heavy atom. The standard InChI is InChI=1S/C16H22BrFN2.2ClH/c17-13-6-3-7-14(18)15(13)16(12-4-1-2-5-12)20-10-8-19-9-11-20;;/h3,6-7,12,16,19H,1-2,4-5,8-11H2;2*1H/t16-;;/m0../s1. The molecule has 0 radical (unpaired) electrons. The minimum Gasteiger partial charge on any atom is -0.314 e. The Kier molecular flexibility index (Phi) is 8.65. The average Bonchev–Trinajstić information content (AvgIpc) is 2.98. The summed E-state index contributed by atoms with van der Waals surface area (Å²) in [5, 5.41) is 3.39. The molecule has 1 aromatic rings. The molecule has 1 atom stereocenters. The Hall–Kier alpha value is 0.130. The molecule has 6 heteroatoms. The van der Waals surface area contributed by atoms with Crippen molar-refractivity contribution in [3.05, 3.63) is 34.1 Å². The van der Waals surface area contributed by atoms with E-state index in [0.29, 0.717) is 5.92 Å². The molecule has 0 spiro atoms. The summed E-state index contributed by atoms with van der Waals surface area (Å²) in [6.45, 7) is 4.05. The number of halogens is 4. The summed E-state index contributed by atoms with van der Waals surface area (Å²) in [4.78, 5) is 2.48. The number of benzene rings is 1. The number of hydrogen-bond donors (Lipinski definition) is 1. The van der Waals surface area contributed by atoms with E-state index < -0.39 is 0 Å². The van der Waals surface area contributed by atoms with E-state index in [1.165, 1.54) is 25.7 Å². The van der Waals surface area contributed by atoms with Crippen LogP contribution in [0.2, 0.25) is 0 Å². The molecule has 0 unspecified atom stereocenters. The lowest BCUT2D eigenvalue weighted by Crippen LogP contribution is -2.47. The molecule has 2 aliphatic rings. The maximum Gasteiger partial charge on any atom is 0.129 e. The molecule has 3 rings (SSSR count). The van der Waals surface area contributed by atoms with Crippen LogP contribution < -0.4 is 5.32 Å². The molecule has 1 aliphatic heterocycles. The first-order chi connectivity index (χ1) is 9.77. The first-order valence-corrected chi connectivity index (χ1v) is 8.45. The van der Waals surface area contributed by atoms with Crippen molar-refractivity contribution in [3.8, 4) is 0 Å². The zero-order chi connectivity index (χ0) is 13.9. The SMILES string of the molecule is Cl.Cl.Fc1cccc(Br)c1[C@H](C1CCCC1)N1CCNCC1. The van der Waals surface area contributed by atoms with Gasteiger partial charge >= 0.3 is 0 Å². The topological polar surface area (TPSA) is 15.3 Å². The first kappa shape index (κ1) is 20.2. The van der Waals surface area contributed by atoms with Crippen LogP contribution >= 0.6 is 40.7 Å². The van der Waals surface area contributed by atoms with E-state index in [-0.39, 0.29) is 36.7 Å². The Labute approximate surface area is 153 Å². The molecule has 126 valence electrons. The Bertz CT molecular complexity index is 443. The van der Waals surface area contributed by atoms with E-state index in [9.17, 15) is 4.39 Å². The molecule has 1 N–H and O–H groups in total. The molecule has 0 bridgehead atoms. The quantitative estimate of drug-likeness (QED) is 0.780. The number of nitrogens with zero attached hydrogens (tertiary/aromatic N) is 1. The van der Waals surface area contributed by atoms with Gasteiger partial charge in [-0.05, 0) is 30.9 Å². The van der Waals surface area contributed by atoms with E-state index >= 15 is 0 Å². The van der Waals surface area contributed by atoms with Crippen LogP contribution in [0.25, 0.3) is 0 Å². The first-order valence-electron chi connectivity index (χ1n) is 7.66. The van der Waals surface area contributed by atoms with Gasteiger partial charge in [-0.2, -0.15) is 0 Å². The predicted molar refractivity (Wildman–Crippen MR) is 97.7 cm³/mol. The largest absolute Gasteiger partial charge is 0.314 e. The van der Waals surface area contributed by atoms with Crippen LogP contribution in [-0.4, -0.2) is 31.1 Å². The molecule has 2 nitrogen and oxygen atoms in total. The highest BCUT2D eigenvalue weighted by atomic mass is 79.9. The van der Waals surface area contributed by atoms with Crippen molar-refractivity contribution in [2.24, 2.45) is 5.92 Å². The third-order valence-electron chi connectivity index (χ3n) is 4.69. The second-order valence-corrected chi connectivity index (χ2v) is 6.77. The Morgan fingerprint density at radius 3 is 2.36 bits per heavy atom. The molecular formula is C16H24BrCl2FN2. The van der Waals surface area contributed by atoms with E-state index in [4.69, 9.17) is 0 Å². The van der Waals surface area contributed by atoms with Crippen molar-refractivity contribution in [2.45, 2.75) is 31.7 Å². The van der Waals surface area contributed by atoms with Gasteiger partial charge in [-0.15, -0.1) is 24.8 Å². The van der Waals surface area contributed by atoms with E-state index in [2.05, 4.69) is 26.1 Å². The van der Waals surface area contributed by atoms with Crippen molar-refractivity contribution in [1.82, 2.24) is 10.2 Å². The van der Waals surface area contributed by atoms with Gasteiger partial charge in [0.1, 0.15) is 5.82 Å². The van der Waals surface area contributed by atoms with E-state index in [1.54, 1.807) is 12.1 Å². The fourth-order valence-electron chi connectivity index (χ4n) is 3.74. The van der Waals surface area contributed by atoms with Gasteiger partial charge in [0.2, 0.25) is 0 Å². The highest BCUT2D eigenvalue weighted by Gasteiger charge is 2.34. The normalized spacial score (nSPS) is 21.0. The minimum absolute atomic E-state index is 0. The highest BCUT2D eigenvalue weighted by Crippen LogP contribution is 2.42. The second-order valence-electron chi connectivity index (χ2n) is 5.91. The minimum atomic E-state index is -0.0604. The van der Waals surface area contributed by atoms with E-state index in [0.717, 1.165) is 36.2 Å². The van der Waals surface area contributed by atoms with Gasteiger partial charge in [0.15, 0.2) is 0 Å². The van der Waals surface area contributed by atoms with Gasteiger partial charge in [0.25, 0.3) is 0 Å². The molecule has 1 saturated heterocycles. The Morgan fingerprint density at radius 2 is 1.77 bits per heavy atom. The van der Waals surface area contributed by atoms with Gasteiger partial charge < -0.3 is 5.32 Å². The van der Waals surface area contributed by atoms with Crippen LogP contribution in [-0.2, 0) is 0 Å². The van der Waals surface area contributed by atoms with Crippen LogP contribution in [0, 0.1) is 11.7 Å². The second kappa shape index (κ2) is 9.43. The molecule has 1 aromatic carbocycles. The van der Waals surface area contributed by atoms with Crippen molar-refractivity contribution in [1.29, 1.82) is 0 Å². The van der Waals surface area contributed by atoms with Crippen molar-refractivity contribution < 1.29 is 4.39 Å². The zero-order valence-electron chi connectivity index (χ0n) is 12.6. The number of rotatable bonds is 3. The number of hydrogen-bond acceptors (Lipinski definition) is 2. The van der Waals surface area contributed by atoms with Gasteiger partial charge in [-0.25, -0.2) is 4.39 Å². The number of nitrogens with one attached hydrogen (secondary N) is 1. The molecule has 2 fully saturated rings. The van der Waals surface area contributed by atoms with Crippen LogP contribution in [0.1, 0.15) is 37.3 Å². The summed E-state index contributed by atoms with van der Waals surface area (Å²) in [5.41, 5.74) is 0.876. The van der Waals surface area contributed by atoms with Crippen molar-refractivity contribution >= 4 is 40.7 Å². The summed E-state index contributed by atoms with van der Waals surface area (Å²) in [6, 6.07) is 5.59. The average molecular weight is 414 g/mol. The van der Waals surface area contributed by atoms with Crippen LogP contribution in [0.3, 0.4) is 0 Å².